The van der Waals surface area contributed by atoms with E-state index in [0.717, 1.165) is 4.90 Å². The summed E-state index contributed by atoms with van der Waals surface area (Å²) in [4.78, 5) is 45.1. The number of carbonyl (C=O) groups excluding carboxylic acids is 2. The highest BCUT2D eigenvalue weighted by molar-refractivity contribution is 6.32. The summed E-state index contributed by atoms with van der Waals surface area (Å²) in [6.07, 6.45) is -1.10. The Morgan fingerprint density at radius 1 is 0.971 bits per heavy atom. The molecule has 3 aromatic rings. The zero-order valence-corrected chi connectivity index (χ0v) is 18.6. The lowest BCUT2D eigenvalue weighted by Gasteiger charge is -2.28. The third-order valence-corrected chi connectivity index (χ3v) is 6.27. The minimum atomic E-state index is -1.10. The molecule has 0 bridgehead atoms. The van der Waals surface area contributed by atoms with Crippen LogP contribution in [0.4, 0.5) is 17.1 Å². The number of fused-ring (bicyclic) bond motifs is 1. The van der Waals surface area contributed by atoms with E-state index in [1.807, 2.05) is 6.07 Å². The molecule has 2 saturated heterocycles. The molecule has 0 aliphatic carbocycles. The maximum atomic E-state index is 13.6. The first-order valence-electron chi connectivity index (χ1n) is 10.4. The van der Waals surface area contributed by atoms with Gasteiger partial charge in [-0.2, -0.15) is 0 Å². The quantitative estimate of drug-likeness (QED) is 0.305. The van der Waals surface area contributed by atoms with Gasteiger partial charge in [-0.15, -0.1) is 0 Å². The van der Waals surface area contributed by atoms with Gasteiger partial charge in [0.2, 0.25) is 5.91 Å². The summed E-state index contributed by atoms with van der Waals surface area (Å²) < 4.78 is 5.23. The molecule has 0 aromatic heterocycles. The number of ether oxygens (including phenoxy) is 1. The molecule has 2 amide bonds. The number of rotatable bonds is 5. The molecule has 2 aliphatic heterocycles. The SMILES string of the molecule is COc1cccc(N2C(=O)[C@H]3[C@H](ON(c4ccccc4)[C@H]3c3ccc(Cl)c([N+](=O)[O-])c3)C2=O)c1. The van der Waals surface area contributed by atoms with Crippen LogP contribution in [0.1, 0.15) is 11.6 Å². The van der Waals surface area contributed by atoms with Crippen molar-refractivity contribution >= 4 is 40.5 Å². The van der Waals surface area contributed by atoms with Crippen LogP contribution < -0.4 is 14.7 Å². The topological polar surface area (TPSA) is 102 Å². The third kappa shape index (κ3) is 3.46. The van der Waals surface area contributed by atoms with Crippen molar-refractivity contribution in [3.8, 4) is 5.75 Å². The number of imide groups is 1. The summed E-state index contributed by atoms with van der Waals surface area (Å²) in [5, 5.41) is 13.0. The van der Waals surface area contributed by atoms with Gasteiger partial charge in [0.25, 0.3) is 11.6 Å². The maximum Gasteiger partial charge on any atom is 0.288 e. The number of hydrogen-bond donors (Lipinski definition) is 0. The second-order valence-corrected chi connectivity index (χ2v) is 8.25. The number of para-hydroxylation sites is 1. The van der Waals surface area contributed by atoms with Gasteiger partial charge in [-0.25, -0.2) is 9.96 Å². The molecule has 2 fully saturated rings. The summed E-state index contributed by atoms with van der Waals surface area (Å²) in [6.45, 7) is 0. The highest BCUT2D eigenvalue weighted by Gasteiger charge is 2.60. The van der Waals surface area contributed by atoms with Gasteiger partial charge in [-0.3, -0.25) is 24.5 Å². The van der Waals surface area contributed by atoms with E-state index in [1.165, 1.54) is 24.3 Å². The fourth-order valence-corrected chi connectivity index (χ4v) is 4.60. The average molecular weight is 480 g/mol. The third-order valence-electron chi connectivity index (χ3n) is 5.95. The van der Waals surface area contributed by atoms with Crippen LogP contribution in [0.2, 0.25) is 5.02 Å². The Balaban J connectivity index is 1.61. The number of hydrogen-bond acceptors (Lipinski definition) is 7. The number of nitro benzene ring substituents is 1. The van der Waals surface area contributed by atoms with Gasteiger partial charge in [0.15, 0.2) is 6.10 Å². The largest absolute Gasteiger partial charge is 0.497 e. The van der Waals surface area contributed by atoms with Crippen LogP contribution in [0.15, 0.2) is 72.8 Å². The van der Waals surface area contributed by atoms with Crippen molar-refractivity contribution in [2.75, 3.05) is 17.1 Å². The predicted molar refractivity (Wildman–Crippen MR) is 124 cm³/mol. The number of amides is 2. The molecular weight excluding hydrogens is 462 g/mol. The van der Waals surface area contributed by atoms with Crippen molar-refractivity contribution in [1.29, 1.82) is 0 Å². The van der Waals surface area contributed by atoms with Crippen molar-refractivity contribution in [2.24, 2.45) is 5.92 Å². The van der Waals surface area contributed by atoms with Crippen LogP contribution >= 0.6 is 11.6 Å². The summed E-state index contributed by atoms with van der Waals surface area (Å²) in [6, 6.07) is 19.1. The highest BCUT2D eigenvalue weighted by Crippen LogP contribution is 2.48. The first kappa shape index (κ1) is 21.9. The number of benzene rings is 3. The van der Waals surface area contributed by atoms with Crippen molar-refractivity contribution in [3.63, 3.8) is 0 Å². The van der Waals surface area contributed by atoms with E-state index in [1.54, 1.807) is 54.6 Å². The molecule has 9 nitrogen and oxygen atoms in total. The number of anilines is 2. The molecule has 2 heterocycles. The molecule has 172 valence electrons. The Morgan fingerprint density at radius 2 is 1.71 bits per heavy atom. The van der Waals surface area contributed by atoms with Gasteiger partial charge in [-0.1, -0.05) is 41.9 Å². The molecule has 5 rings (SSSR count). The summed E-state index contributed by atoms with van der Waals surface area (Å²) in [5.74, 6) is -1.43. The second-order valence-electron chi connectivity index (χ2n) is 7.84. The summed E-state index contributed by atoms with van der Waals surface area (Å²) >= 11 is 6.02. The highest BCUT2D eigenvalue weighted by atomic mass is 35.5. The average Bonchev–Trinajstić information content (AvgIpc) is 3.35. The van der Waals surface area contributed by atoms with Crippen LogP contribution in [0.25, 0.3) is 0 Å². The zero-order chi connectivity index (χ0) is 24.0. The Labute approximate surface area is 199 Å². The van der Waals surface area contributed by atoms with Gasteiger partial charge >= 0.3 is 0 Å². The molecule has 3 aromatic carbocycles. The van der Waals surface area contributed by atoms with Crippen molar-refractivity contribution in [1.82, 2.24) is 0 Å². The van der Waals surface area contributed by atoms with Crippen LogP contribution in [-0.2, 0) is 14.4 Å². The van der Waals surface area contributed by atoms with Crippen molar-refractivity contribution in [3.05, 3.63) is 93.5 Å². The Bertz CT molecular complexity index is 1300. The Hall–Kier alpha value is -3.95. The second kappa shape index (κ2) is 8.44. The van der Waals surface area contributed by atoms with E-state index in [4.69, 9.17) is 21.2 Å². The molecule has 10 heteroatoms. The number of halogens is 1. The lowest BCUT2D eigenvalue weighted by atomic mass is 9.90. The van der Waals surface area contributed by atoms with Crippen molar-refractivity contribution < 1.29 is 24.1 Å². The molecule has 0 N–H and O–H groups in total. The lowest BCUT2D eigenvalue weighted by Crippen LogP contribution is -2.37. The van der Waals surface area contributed by atoms with Crippen LogP contribution in [0.5, 0.6) is 5.75 Å². The van der Waals surface area contributed by atoms with Crippen molar-refractivity contribution in [2.45, 2.75) is 12.1 Å². The van der Waals surface area contributed by atoms with E-state index >= 15 is 0 Å². The predicted octanol–water partition coefficient (Wildman–Crippen LogP) is 4.31. The normalized spacial score (nSPS) is 21.6. The van der Waals surface area contributed by atoms with Gasteiger partial charge in [0.05, 0.1) is 29.4 Å². The fourth-order valence-electron chi connectivity index (χ4n) is 4.41. The maximum absolute atomic E-state index is 13.6. The number of methoxy groups -OCH3 is 1. The minimum Gasteiger partial charge on any atom is -0.497 e. The Morgan fingerprint density at radius 3 is 2.41 bits per heavy atom. The van der Waals surface area contributed by atoms with Crippen LogP contribution in [0.3, 0.4) is 0 Å². The van der Waals surface area contributed by atoms with E-state index in [-0.39, 0.29) is 10.7 Å². The summed E-state index contributed by atoms with van der Waals surface area (Å²) in [7, 11) is 1.49. The molecule has 3 atom stereocenters. The van der Waals surface area contributed by atoms with E-state index < -0.39 is 34.8 Å². The van der Waals surface area contributed by atoms with Gasteiger partial charge in [-0.05, 0) is 35.9 Å². The van der Waals surface area contributed by atoms with E-state index in [9.17, 15) is 19.7 Å². The molecule has 0 saturated carbocycles. The number of carbonyl (C=O) groups is 2. The lowest BCUT2D eigenvalue weighted by molar-refractivity contribution is -0.384. The van der Waals surface area contributed by atoms with E-state index in [2.05, 4.69) is 0 Å². The molecule has 34 heavy (non-hydrogen) atoms. The smallest absolute Gasteiger partial charge is 0.288 e. The zero-order valence-electron chi connectivity index (χ0n) is 17.8. The minimum absolute atomic E-state index is 0.0256. The van der Waals surface area contributed by atoms with Gasteiger partial charge < -0.3 is 4.74 Å². The monoisotopic (exact) mass is 479 g/mol. The Kier molecular flexibility index (Phi) is 5.43. The van der Waals surface area contributed by atoms with Gasteiger partial charge in [0.1, 0.15) is 16.7 Å². The first-order chi connectivity index (χ1) is 16.4. The molecule has 0 unspecified atom stereocenters. The number of nitrogens with zero attached hydrogens (tertiary/aromatic N) is 3. The molecule has 0 radical (unpaired) electrons. The molecule has 2 aliphatic rings. The standard InChI is InChI=1S/C24H18ClN3O6/c1-33-17-9-5-8-16(13-17)26-23(29)20-21(14-10-11-18(25)19(12-14)28(31)32)27(34-22(20)24(26)30)15-6-3-2-4-7-15/h2-13,20-22H,1H3/t20-,21+,22+/m1/s1. The number of nitro groups is 1. The van der Waals surface area contributed by atoms with Gasteiger partial charge in [0, 0.05) is 12.1 Å². The van der Waals surface area contributed by atoms with Crippen LogP contribution in [-0.4, -0.2) is 30.0 Å². The van der Waals surface area contributed by atoms with Crippen LogP contribution in [0, 0.1) is 16.0 Å². The first-order valence-corrected chi connectivity index (χ1v) is 10.8. The fraction of sp³-hybridized carbons (Fsp3) is 0.167. The summed E-state index contributed by atoms with van der Waals surface area (Å²) in [5.41, 5.74) is 1.10. The van der Waals surface area contributed by atoms with E-state index in [0.29, 0.717) is 22.7 Å². The molecular formula is C24H18ClN3O6. The molecule has 0 spiro atoms. The number of hydroxylamine groups is 1.